The van der Waals surface area contributed by atoms with Gasteiger partial charge in [0.25, 0.3) is 0 Å². The lowest BCUT2D eigenvalue weighted by molar-refractivity contribution is 0.334. The summed E-state index contributed by atoms with van der Waals surface area (Å²) in [5.41, 5.74) is 7.58. The van der Waals surface area contributed by atoms with Crippen LogP contribution in [0.2, 0.25) is 0 Å². The Kier molecular flexibility index (Phi) is 4.81. The standard InChI is InChI=1S/C14H24N2/c1-14(2,3)11-12(15)9-10-16-13-7-5-4-6-8-13/h4-8,12,16H,9-11,15H2,1-3H3. The molecule has 0 aliphatic heterocycles. The first-order valence-electron chi connectivity index (χ1n) is 6.02. The molecule has 2 heteroatoms. The zero-order valence-corrected chi connectivity index (χ0v) is 10.7. The fourth-order valence-corrected chi connectivity index (χ4v) is 1.85. The van der Waals surface area contributed by atoms with Crippen LogP contribution >= 0.6 is 0 Å². The van der Waals surface area contributed by atoms with Gasteiger partial charge in [0.2, 0.25) is 0 Å². The third-order valence-electron chi connectivity index (χ3n) is 2.49. The van der Waals surface area contributed by atoms with Gasteiger partial charge in [-0.25, -0.2) is 0 Å². The van der Waals surface area contributed by atoms with Crippen molar-refractivity contribution in [1.29, 1.82) is 0 Å². The highest BCUT2D eigenvalue weighted by molar-refractivity contribution is 5.42. The van der Waals surface area contributed by atoms with Crippen molar-refractivity contribution in [1.82, 2.24) is 0 Å². The van der Waals surface area contributed by atoms with Gasteiger partial charge in [-0.1, -0.05) is 39.0 Å². The SMILES string of the molecule is CC(C)(C)CC(N)CCNc1ccccc1. The molecule has 90 valence electrons. The normalized spacial score (nSPS) is 13.5. The Balaban J connectivity index is 2.21. The predicted molar refractivity (Wildman–Crippen MR) is 71.6 cm³/mol. The van der Waals surface area contributed by atoms with E-state index in [-0.39, 0.29) is 6.04 Å². The highest BCUT2D eigenvalue weighted by Gasteiger charge is 2.14. The van der Waals surface area contributed by atoms with Crippen LogP contribution in [0.4, 0.5) is 5.69 Å². The summed E-state index contributed by atoms with van der Waals surface area (Å²) in [5, 5.41) is 3.38. The summed E-state index contributed by atoms with van der Waals surface area (Å²) in [4.78, 5) is 0. The summed E-state index contributed by atoms with van der Waals surface area (Å²) in [6, 6.07) is 10.5. The minimum Gasteiger partial charge on any atom is -0.385 e. The lowest BCUT2D eigenvalue weighted by atomic mass is 9.87. The maximum absolute atomic E-state index is 6.08. The molecule has 0 heterocycles. The molecule has 16 heavy (non-hydrogen) atoms. The van der Waals surface area contributed by atoms with Crippen LogP contribution in [0.1, 0.15) is 33.6 Å². The van der Waals surface area contributed by atoms with E-state index in [0.29, 0.717) is 5.41 Å². The minimum absolute atomic E-state index is 0.288. The number of benzene rings is 1. The Labute approximate surface area is 99.2 Å². The van der Waals surface area contributed by atoms with Gasteiger partial charge in [0.1, 0.15) is 0 Å². The Morgan fingerprint density at radius 1 is 1.19 bits per heavy atom. The van der Waals surface area contributed by atoms with Crippen LogP contribution in [0.5, 0.6) is 0 Å². The molecule has 0 bridgehead atoms. The van der Waals surface area contributed by atoms with Crippen molar-refractivity contribution in [3.05, 3.63) is 30.3 Å². The van der Waals surface area contributed by atoms with Gasteiger partial charge in [-0.05, 0) is 30.4 Å². The quantitative estimate of drug-likeness (QED) is 0.799. The molecule has 0 saturated carbocycles. The van der Waals surface area contributed by atoms with Gasteiger partial charge in [-0.3, -0.25) is 0 Å². The van der Waals surface area contributed by atoms with E-state index >= 15 is 0 Å². The minimum atomic E-state index is 0.288. The molecule has 0 aliphatic carbocycles. The van der Waals surface area contributed by atoms with E-state index in [4.69, 9.17) is 5.73 Å². The molecule has 0 aromatic heterocycles. The highest BCUT2D eigenvalue weighted by Crippen LogP contribution is 2.21. The molecule has 0 fully saturated rings. The van der Waals surface area contributed by atoms with Crippen LogP contribution in [0.3, 0.4) is 0 Å². The molecule has 1 aromatic carbocycles. The number of nitrogens with two attached hydrogens (primary N) is 1. The van der Waals surface area contributed by atoms with Crippen molar-refractivity contribution in [2.24, 2.45) is 11.1 Å². The largest absolute Gasteiger partial charge is 0.385 e. The smallest absolute Gasteiger partial charge is 0.0340 e. The van der Waals surface area contributed by atoms with E-state index in [1.807, 2.05) is 18.2 Å². The van der Waals surface area contributed by atoms with Gasteiger partial charge in [0.05, 0.1) is 0 Å². The van der Waals surface area contributed by atoms with Crippen molar-refractivity contribution >= 4 is 5.69 Å². The molecule has 0 aliphatic rings. The molecule has 2 nitrogen and oxygen atoms in total. The van der Waals surface area contributed by atoms with Crippen molar-refractivity contribution < 1.29 is 0 Å². The summed E-state index contributed by atoms with van der Waals surface area (Å²) in [6.45, 7) is 7.65. The van der Waals surface area contributed by atoms with Crippen molar-refractivity contribution in [3.63, 3.8) is 0 Å². The van der Waals surface area contributed by atoms with E-state index in [1.165, 1.54) is 5.69 Å². The van der Waals surface area contributed by atoms with Crippen LogP contribution in [-0.2, 0) is 0 Å². The van der Waals surface area contributed by atoms with E-state index in [1.54, 1.807) is 0 Å². The Morgan fingerprint density at radius 2 is 1.81 bits per heavy atom. The average molecular weight is 220 g/mol. The molecule has 0 amide bonds. The predicted octanol–water partition coefficient (Wildman–Crippen LogP) is 3.25. The monoisotopic (exact) mass is 220 g/mol. The van der Waals surface area contributed by atoms with Gasteiger partial charge in [-0.2, -0.15) is 0 Å². The fourth-order valence-electron chi connectivity index (χ4n) is 1.85. The molecule has 1 aromatic rings. The fraction of sp³-hybridized carbons (Fsp3) is 0.571. The first kappa shape index (κ1) is 13.0. The Hall–Kier alpha value is -1.02. The van der Waals surface area contributed by atoms with Crippen LogP contribution < -0.4 is 11.1 Å². The first-order valence-corrected chi connectivity index (χ1v) is 6.02. The number of hydrogen-bond acceptors (Lipinski definition) is 2. The summed E-state index contributed by atoms with van der Waals surface area (Å²) >= 11 is 0. The van der Waals surface area contributed by atoms with E-state index in [9.17, 15) is 0 Å². The lowest BCUT2D eigenvalue weighted by Gasteiger charge is -2.23. The molecular weight excluding hydrogens is 196 g/mol. The van der Waals surface area contributed by atoms with Gasteiger partial charge in [0, 0.05) is 18.3 Å². The maximum Gasteiger partial charge on any atom is 0.0340 e. The van der Waals surface area contributed by atoms with Gasteiger partial charge < -0.3 is 11.1 Å². The summed E-state index contributed by atoms with van der Waals surface area (Å²) in [7, 11) is 0. The van der Waals surface area contributed by atoms with Crippen LogP contribution in [-0.4, -0.2) is 12.6 Å². The van der Waals surface area contributed by atoms with Crippen LogP contribution in [0.15, 0.2) is 30.3 Å². The second-order valence-corrected chi connectivity index (χ2v) is 5.61. The van der Waals surface area contributed by atoms with Gasteiger partial charge in [-0.15, -0.1) is 0 Å². The number of para-hydroxylation sites is 1. The number of anilines is 1. The average Bonchev–Trinajstić information content (AvgIpc) is 2.16. The maximum atomic E-state index is 6.08. The van der Waals surface area contributed by atoms with E-state index in [0.717, 1.165) is 19.4 Å². The second-order valence-electron chi connectivity index (χ2n) is 5.61. The van der Waals surface area contributed by atoms with Crippen molar-refractivity contribution in [2.75, 3.05) is 11.9 Å². The van der Waals surface area contributed by atoms with Crippen LogP contribution in [0.25, 0.3) is 0 Å². The Bertz CT molecular complexity index is 287. The topological polar surface area (TPSA) is 38.0 Å². The summed E-state index contributed by atoms with van der Waals surface area (Å²) in [6.07, 6.45) is 2.09. The van der Waals surface area contributed by atoms with Crippen molar-refractivity contribution in [2.45, 2.75) is 39.7 Å². The molecule has 0 radical (unpaired) electrons. The third-order valence-corrected chi connectivity index (χ3v) is 2.49. The molecule has 0 spiro atoms. The molecule has 3 N–H and O–H groups in total. The van der Waals surface area contributed by atoms with E-state index in [2.05, 4.69) is 38.2 Å². The number of rotatable bonds is 5. The summed E-state index contributed by atoms with van der Waals surface area (Å²) < 4.78 is 0. The Morgan fingerprint density at radius 3 is 2.38 bits per heavy atom. The second kappa shape index (κ2) is 5.90. The van der Waals surface area contributed by atoms with Gasteiger partial charge >= 0.3 is 0 Å². The van der Waals surface area contributed by atoms with Crippen molar-refractivity contribution in [3.8, 4) is 0 Å². The zero-order valence-electron chi connectivity index (χ0n) is 10.7. The summed E-state index contributed by atoms with van der Waals surface area (Å²) in [5.74, 6) is 0. The lowest BCUT2D eigenvalue weighted by Crippen LogP contribution is -2.28. The van der Waals surface area contributed by atoms with E-state index < -0.39 is 0 Å². The zero-order chi connectivity index (χ0) is 12.0. The molecule has 0 saturated heterocycles. The molecular formula is C14H24N2. The molecule has 1 unspecified atom stereocenters. The molecule has 1 rings (SSSR count). The number of hydrogen-bond donors (Lipinski definition) is 2. The first-order chi connectivity index (χ1) is 7.47. The third kappa shape index (κ3) is 5.76. The number of nitrogens with one attached hydrogen (secondary N) is 1. The highest BCUT2D eigenvalue weighted by atomic mass is 14.9. The van der Waals surface area contributed by atoms with Crippen LogP contribution in [0, 0.1) is 5.41 Å². The molecule has 1 atom stereocenters. The van der Waals surface area contributed by atoms with Gasteiger partial charge in [0.15, 0.2) is 0 Å².